The molecule has 0 saturated carbocycles. The molecule has 0 aromatic heterocycles. The molecule has 1 amide bonds. The Balaban J connectivity index is 1.64. The van der Waals surface area contributed by atoms with E-state index in [9.17, 15) is 14.3 Å². The van der Waals surface area contributed by atoms with Gasteiger partial charge in [0.2, 0.25) is 5.91 Å². The van der Waals surface area contributed by atoms with Gasteiger partial charge < -0.3 is 15.2 Å². The van der Waals surface area contributed by atoms with Crippen LogP contribution in [-0.4, -0.2) is 48.8 Å². The summed E-state index contributed by atoms with van der Waals surface area (Å²) in [6.45, 7) is 1.44. The van der Waals surface area contributed by atoms with Gasteiger partial charge in [0.1, 0.15) is 18.2 Å². The predicted octanol–water partition coefficient (Wildman–Crippen LogP) is 3.79. The molecule has 3 aromatic rings. The number of ether oxygens (including phenoxy) is 1. The number of rotatable bonds is 12. The number of nitrogens with one attached hydrogen (secondary N) is 1. The second-order valence-electron chi connectivity index (χ2n) is 7.42. The number of hydrogen-bond acceptors (Lipinski definition) is 4. The molecule has 0 heterocycles. The van der Waals surface area contributed by atoms with Crippen molar-refractivity contribution in [1.29, 1.82) is 0 Å². The first-order valence-corrected chi connectivity index (χ1v) is 10.8. The summed E-state index contributed by atoms with van der Waals surface area (Å²) in [4.78, 5) is 14.8. The molecule has 3 rings (SSSR count). The highest BCUT2D eigenvalue weighted by Gasteiger charge is 2.24. The number of benzene rings is 3. The van der Waals surface area contributed by atoms with Crippen LogP contribution in [0, 0.1) is 5.82 Å². The van der Waals surface area contributed by atoms with E-state index >= 15 is 0 Å². The Labute approximate surface area is 188 Å². The summed E-state index contributed by atoms with van der Waals surface area (Å²) < 4.78 is 18.5. The lowest BCUT2D eigenvalue weighted by molar-refractivity contribution is -0.122. The van der Waals surface area contributed by atoms with Crippen LogP contribution in [0.15, 0.2) is 84.9 Å². The highest BCUT2D eigenvalue weighted by molar-refractivity contribution is 5.78. The Kier molecular flexibility index (Phi) is 9.22. The first-order valence-electron chi connectivity index (χ1n) is 10.8. The SMILES string of the molecule is O=C(CN(CCCO)C(c1ccccc1)c1ccccc1)NCCOc1ccc(F)cc1. The normalized spacial score (nSPS) is 11.0. The van der Waals surface area contributed by atoms with Gasteiger partial charge in [0.15, 0.2) is 0 Å². The van der Waals surface area contributed by atoms with Crippen LogP contribution in [0.3, 0.4) is 0 Å². The van der Waals surface area contributed by atoms with E-state index in [4.69, 9.17) is 4.74 Å². The second kappa shape index (κ2) is 12.6. The number of carbonyl (C=O) groups excluding carboxylic acids is 1. The fourth-order valence-electron chi connectivity index (χ4n) is 3.59. The summed E-state index contributed by atoms with van der Waals surface area (Å²) in [7, 11) is 0. The van der Waals surface area contributed by atoms with Gasteiger partial charge in [0.05, 0.1) is 19.1 Å². The number of halogens is 1. The van der Waals surface area contributed by atoms with Gasteiger partial charge in [0.25, 0.3) is 0 Å². The van der Waals surface area contributed by atoms with Crippen molar-refractivity contribution in [2.45, 2.75) is 12.5 Å². The van der Waals surface area contributed by atoms with Crippen molar-refractivity contribution in [3.05, 3.63) is 102 Å². The molecule has 168 valence electrons. The maximum atomic E-state index is 13.0. The molecule has 0 bridgehead atoms. The van der Waals surface area contributed by atoms with E-state index in [1.54, 1.807) is 12.1 Å². The molecule has 0 atom stereocenters. The molecular weight excluding hydrogens is 407 g/mol. The quantitative estimate of drug-likeness (QED) is 0.424. The number of carbonyl (C=O) groups is 1. The van der Waals surface area contributed by atoms with E-state index < -0.39 is 0 Å². The van der Waals surface area contributed by atoms with Gasteiger partial charge in [-0.15, -0.1) is 0 Å². The van der Waals surface area contributed by atoms with Crippen LogP contribution in [0.1, 0.15) is 23.6 Å². The maximum absolute atomic E-state index is 13.0. The smallest absolute Gasteiger partial charge is 0.234 e. The van der Waals surface area contributed by atoms with Crippen molar-refractivity contribution in [2.24, 2.45) is 0 Å². The van der Waals surface area contributed by atoms with Crippen LogP contribution in [0.4, 0.5) is 4.39 Å². The largest absolute Gasteiger partial charge is 0.492 e. The Morgan fingerprint density at radius 3 is 2.09 bits per heavy atom. The van der Waals surface area contributed by atoms with E-state index in [0.29, 0.717) is 25.3 Å². The van der Waals surface area contributed by atoms with Gasteiger partial charge in [-0.1, -0.05) is 60.7 Å². The Morgan fingerprint density at radius 2 is 1.53 bits per heavy atom. The molecule has 6 heteroatoms. The van der Waals surface area contributed by atoms with E-state index in [2.05, 4.69) is 34.5 Å². The molecule has 0 saturated heterocycles. The van der Waals surface area contributed by atoms with Crippen molar-refractivity contribution in [2.75, 3.05) is 32.8 Å². The molecule has 0 radical (unpaired) electrons. The van der Waals surface area contributed by atoms with Crippen molar-refractivity contribution >= 4 is 5.91 Å². The van der Waals surface area contributed by atoms with Crippen molar-refractivity contribution in [3.8, 4) is 5.75 Å². The number of aliphatic hydroxyl groups excluding tert-OH is 1. The fraction of sp³-hybridized carbons (Fsp3) is 0.269. The Morgan fingerprint density at radius 1 is 0.938 bits per heavy atom. The molecular formula is C26H29FN2O3. The molecule has 32 heavy (non-hydrogen) atoms. The van der Waals surface area contributed by atoms with Gasteiger partial charge in [-0.2, -0.15) is 0 Å². The maximum Gasteiger partial charge on any atom is 0.234 e. The summed E-state index contributed by atoms with van der Waals surface area (Å²) in [6.07, 6.45) is 0.567. The van der Waals surface area contributed by atoms with Crippen molar-refractivity contribution < 1.29 is 19.0 Å². The minimum absolute atomic E-state index is 0.0555. The summed E-state index contributed by atoms with van der Waals surface area (Å²) in [5.41, 5.74) is 2.17. The minimum atomic E-state index is -0.319. The molecule has 0 unspecified atom stereocenters. The fourth-order valence-corrected chi connectivity index (χ4v) is 3.59. The van der Waals surface area contributed by atoms with Crippen LogP contribution >= 0.6 is 0 Å². The van der Waals surface area contributed by atoms with Gasteiger partial charge in [-0.25, -0.2) is 4.39 Å². The molecule has 0 aliphatic rings. The van der Waals surface area contributed by atoms with Crippen LogP contribution in [0.2, 0.25) is 0 Å². The lowest BCUT2D eigenvalue weighted by atomic mass is 9.96. The lowest BCUT2D eigenvalue weighted by Crippen LogP contribution is -2.41. The minimum Gasteiger partial charge on any atom is -0.492 e. The zero-order chi connectivity index (χ0) is 22.6. The summed E-state index contributed by atoms with van der Waals surface area (Å²) in [5, 5.41) is 12.3. The zero-order valence-corrected chi connectivity index (χ0v) is 18.0. The third-order valence-corrected chi connectivity index (χ3v) is 5.05. The van der Waals surface area contributed by atoms with E-state index in [-0.39, 0.29) is 37.5 Å². The second-order valence-corrected chi connectivity index (χ2v) is 7.42. The number of aliphatic hydroxyl groups is 1. The number of nitrogens with zero attached hydrogens (tertiary/aromatic N) is 1. The van der Waals surface area contributed by atoms with Gasteiger partial charge in [0, 0.05) is 13.2 Å². The molecule has 0 fully saturated rings. The van der Waals surface area contributed by atoms with Crippen LogP contribution in [-0.2, 0) is 4.79 Å². The summed E-state index contributed by atoms with van der Waals surface area (Å²) in [6, 6.07) is 25.8. The average molecular weight is 437 g/mol. The van der Waals surface area contributed by atoms with Gasteiger partial charge in [-0.3, -0.25) is 9.69 Å². The van der Waals surface area contributed by atoms with Gasteiger partial charge in [-0.05, 0) is 41.8 Å². The first kappa shape index (κ1) is 23.4. The third kappa shape index (κ3) is 7.18. The molecule has 3 aromatic carbocycles. The highest BCUT2D eigenvalue weighted by Crippen LogP contribution is 2.28. The van der Waals surface area contributed by atoms with Crippen LogP contribution in [0.5, 0.6) is 5.75 Å². The first-order chi connectivity index (χ1) is 15.7. The van der Waals surface area contributed by atoms with Crippen LogP contribution in [0.25, 0.3) is 0 Å². The van der Waals surface area contributed by atoms with E-state index in [1.165, 1.54) is 12.1 Å². The van der Waals surface area contributed by atoms with Crippen molar-refractivity contribution in [1.82, 2.24) is 10.2 Å². The van der Waals surface area contributed by atoms with E-state index in [1.807, 2.05) is 36.4 Å². The van der Waals surface area contributed by atoms with Crippen LogP contribution < -0.4 is 10.1 Å². The topological polar surface area (TPSA) is 61.8 Å². The Hall–Kier alpha value is -3.22. The van der Waals surface area contributed by atoms with E-state index in [0.717, 1.165) is 11.1 Å². The summed E-state index contributed by atoms with van der Waals surface area (Å²) in [5.74, 6) is 0.112. The average Bonchev–Trinajstić information content (AvgIpc) is 2.83. The molecule has 0 aliphatic carbocycles. The highest BCUT2D eigenvalue weighted by atomic mass is 19.1. The van der Waals surface area contributed by atoms with Crippen molar-refractivity contribution in [3.63, 3.8) is 0 Å². The molecule has 2 N–H and O–H groups in total. The standard InChI is InChI=1S/C26H29FN2O3/c27-23-12-14-24(15-13-23)32-19-16-28-25(31)20-29(17-7-18-30)26(21-8-3-1-4-9-21)22-10-5-2-6-11-22/h1-6,8-15,26,30H,7,16-20H2,(H,28,31). The number of hydrogen-bond donors (Lipinski definition) is 2. The summed E-state index contributed by atoms with van der Waals surface area (Å²) >= 11 is 0. The number of amides is 1. The third-order valence-electron chi connectivity index (χ3n) is 5.05. The lowest BCUT2D eigenvalue weighted by Gasteiger charge is -2.32. The Bertz CT molecular complexity index is 897. The van der Waals surface area contributed by atoms with Gasteiger partial charge >= 0.3 is 0 Å². The predicted molar refractivity (Wildman–Crippen MR) is 123 cm³/mol. The zero-order valence-electron chi connectivity index (χ0n) is 18.0. The molecule has 5 nitrogen and oxygen atoms in total. The molecule has 0 aliphatic heterocycles. The monoisotopic (exact) mass is 436 g/mol. The molecule has 0 spiro atoms.